The Morgan fingerprint density at radius 1 is 1.43 bits per heavy atom. The van der Waals surface area contributed by atoms with Crippen molar-refractivity contribution >= 4 is 11.0 Å². The zero-order valence-electron chi connectivity index (χ0n) is 8.15. The summed E-state index contributed by atoms with van der Waals surface area (Å²) in [7, 11) is 1.60. The third-order valence-corrected chi connectivity index (χ3v) is 2.26. The summed E-state index contributed by atoms with van der Waals surface area (Å²) < 4.78 is 10.5. The van der Waals surface area contributed by atoms with E-state index >= 15 is 0 Å². The van der Waals surface area contributed by atoms with E-state index in [1.54, 1.807) is 20.3 Å². The molecule has 74 valence electrons. The smallest absolute Gasteiger partial charge is 0.137 e. The highest BCUT2D eigenvalue weighted by Gasteiger charge is 2.13. The molecule has 0 radical (unpaired) electrons. The van der Waals surface area contributed by atoms with Gasteiger partial charge in [-0.2, -0.15) is 0 Å². The number of benzene rings is 1. The minimum Gasteiger partial charge on any atom is -0.496 e. The predicted octanol–water partition coefficient (Wildman–Crippen LogP) is 2.49. The summed E-state index contributed by atoms with van der Waals surface area (Å²) in [5.74, 6) is 0.729. The largest absolute Gasteiger partial charge is 0.496 e. The van der Waals surface area contributed by atoms with E-state index in [1.165, 1.54) is 0 Å². The summed E-state index contributed by atoms with van der Waals surface area (Å²) in [5, 5.41) is 10.4. The fourth-order valence-corrected chi connectivity index (χ4v) is 1.56. The molecule has 1 N–H and O–H groups in total. The van der Waals surface area contributed by atoms with Crippen molar-refractivity contribution in [2.45, 2.75) is 13.0 Å². The van der Waals surface area contributed by atoms with Crippen LogP contribution in [0.15, 0.2) is 28.9 Å². The quantitative estimate of drug-likeness (QED) is 0.794. The first-order valence-corrected chi connectivity index (χ1v) is 4.46. The second kappa shape index (κ2) is 3.35. The van der Waals surface area contributed by atoms with Crippen molar-refractivity contribution in [1.29, 1.82) is 0 Å². The first-order chi connectivity index (χ1) is 6.74. The summed E-state index contributed by atoms with van der Waals surface area (Å²) in [6.07, 6.45) is 1.02. The maximum atomic E-state index is 9.52. The van der Waals surface area contributed by atoms with Crippen LogP contribution in [-0.4, -0.2) is 12.2 Å². The number of methoxy groups -OCH3 is 1. The van der Waals surface area contributed by atoms with Crippen LogP contribution in [0.1, 0.15) is 18.6 Å². The van der Waals surface area contributed by atoms with Crippen molar-refractivity contribution in [2.24, 2.45) is 0 Å². The van der Waals surface area contributed by atoms with Crippen molar-refractivity contribution < 1.29 is 14.3 Å². The number of rotatable bonds is 2. The molecule has 1 atom stereocenters. The van der Waals surface area contributed by atoms with Crippen molar-refractivity contribution in [3.05, 3.63) is 30.0 Å². The molecule has 1 unspecified atom stereocenters. The van der Waals surface area contributed by atoms with Crippen LogP contribution in [0, 0.1) is 0 Å². The van der Waals surface area contributed by atoms with Gasteiger partial charge < -0.3 is 14.3 Å². The normalized spacial score (nSPS) is 13.1. The fraction of sp³-hybridized carbons (Fsp3) is 0.273. The molecule has 0 bridgehead atoms. The Labute approximate surface area is 81.9 Å². The fourth-order valence-electron chi connectivity index (χ4n) is 1.56. The van der Waals surface area contributed by atoms with E-state index in [0.717, 1.165) is 22.3 Å². The van der Waals surface area contributed by atoms with E-state index in [1.807, 2.05) is 18.2 Å². The highest BCUT2D eigenvalue weighted by Crippen LogP contribution is 2.33. The Morgan fingerprint density at radius 2 is 2.21 bits per heavy atom. The summed E-state index contributed by atoms with van der Waals surface area (Å²) >= 11 is 0. The summed E-state index contributed by atoms with van der Waals surface area (Å²) in [5.41, 5.74) is 1.50. The van der Waals surface area contributed by atoms with Crippen molar-refractivity contribution in [3.8, 4) is 5.75 Å². The molecule has 0 aliphatic heterocycles. The second-order valence-corrected chi connectivity index (χ2v) is 3.20. The number of fused-ring (bicyclic) bond motifs is 1. The van der Waals surface area contributed by atoms with Crippen LogP contribution in [0.25, 0.3) is 11.0 Å². The van der Waals surface area contributed by atoms with Crippen molar-refractivity contribution in [3.63, 3.8) is 0 Å². The van der Waals surface area contributed by atoms with Crippen LogP contribution < -0.4 is 4.74 Å². The molecule has 1 heterocycles. The molecule has 0 saturated carbocycles. The predicted molar refractivity (Wildman–Crippen MR) is 53.4 cm³/mol. The van der Waals surface area contributed by atoms with Crippen molar-refractivity contribution in [1.82, 2.24) is 0 Å². The second-order valence-electron chi connectivity index (χ2n) is 3.20. The molecule has 0 aliphatic rings. The van der Waals surface area contributed by atoms with Gasteiger partial charge >= 0.3 is 0 Å². The van der Waals surface area contributed by atoms with Gasteiger partial charge in [-0.05, 0) is 19.1 Å². The average Bonchev–Trinajstić information content (AvgIpc) is 2.60. The Hall–Kier alpha value is -1.48. The first-order valence-electron chi connectivity index (χ1n) is 4.46. The van der Waals surface area contributed by atoms with Gasteiger partial charge in [0.2, 0.25) is 0 Å². The molecule has 2 rings (SSSR count). The summed E-state index contributed by atoms with van der Waals surface area (Å²) in [4.78, 5) is 0. The Morgan fingerprint density at radius 3 is 2.86 bits per heavy atom. The van der Waals surface area contributed by atoms with Gasteiger partial charge in [-0.25, -0.2) is 0 Å². The number of aliphatic hydroxyl groups is 1. The zero-order chi connectivity index (χ0) is 10.1. The zero-order valence-corrected chi connectivity index (χ0v) is 8.15. The minimum atomic E-state index is -0.549. The Bertz CT molecular complexity index is 443. The van der Waals surface area contributed by atoms with Gasteiger partial charge in [-0.3, -0.25) is 0 Å². The topological polar surface area (TPSA) is 42.6 Å². The highest BCUT2D eigenvalue weighted by molar-refractivity contribution is 5.87. The van der Waals surface area contributed by atoms with Gasteiger partial charge in [0, 0.05) is 5.56 Å². The lowest BCUT2D eigenvalue weighted by atomic mass is 10.1. The minimum absolute atomic E-state index is 0.549. The van der Waals surface area contributed by atoms with Crippen LogP contribution in [0.5, 0.6) is 5.75 Å². The number of hydrogen-bond acceptors (Lipinski definition) is 3. The molecule has 0 fully saturated rings. The van der Waals surface area contributed by atoms with E-state index in [-0.39, 0.29) is 0 Å². The number of hydrogen-bond donors (Lipinski definition) is 1. The Balaban J connectivity index is 2.74. The van der Waals surface area contributed by atoms with E-state index in [0.29, 0.717) is 0 Å². The maximum Gasteiger partial charge on any atom is 0.137 e. The molecule has 2 aromatic rings. The lowest BCUT2D eigenvalue weighted by Gasteiger charge is -2.04. The Kier molecular flexibility index (Phi) is 2.17. The first kappa shape index (κ1) is 9.09. The van der Waals surface area contributed by atoms with Gasteiger partial charge in [-0.15, -0.1) is 0 Å². The third-order valence-electron chi connectivity index (χ3n) is 2.26. The number of ether oxygens (including phenoxy) is 1. The van der Waals surface area contributed by atoms with Crippen LogP contribution in [-0.2, 0) is 0 Å². The van der Waals surface area contributed by atoms with Gasteiger partial charge in [-0.1, -0.05) is 6.07 Å². The van der Waals surface area contributed by atoms with E-state index in [4.69, 9.17) is 9.15 Å². The highest BCUT2D eigenvalue weighted by atomic mass is 16.5. The standard InChI is InChI=1S/C11H12O3/c1-7(12)8-6-14-10-5-3-4-9(13-2)11(8)10/h3-7,12H,1-2H3. The van der Waals surface area contributed by atoms with Crippen LogP contribution in [0.4, 0.5) is 0 Å². The van der Waals surface area contributed by atoms with Crippen molar-refractivity contribution in [2.75, 3.05) is 7.11 Å². The number of aliphatic hydroxyl groups excluding tert-OH is 1. The monoisotopic (exact) mass is 192 g/mol. The average molecular weight is 192 g/mol. The van der Waals surface area contributed by atoms with Crippen LogP contribution in [0.3, 0.4) is 0 Å². The molecule has 0 amide bonds. The molecule has 3 nitrogen and oxygen atoms in total. The molecule has 0 saturated heterocycles. The van der Waals surface area contributed by atoms with Gasteiger partial charge in [0.05, 0.1) is 24.9 Å². The molecule has 3 heteroatoms. The lowest BCUT2D eigenvalue weighted by Crippen LogP contribution is -1.90. The molecule has 1 aromatic carbocycles. The van der Waals surface area contributed by atoms with Gasteiger partial charge in [0.25, 0.3) is 0 Å². The molecule has 1 aromatic heterocycles. The lowest BCUT2D eigenvalue weighted by molar-refractivity contribution is 0.199. The maximum absolute atomic E-state index is 9.52. The van der Waals surface area contributed by atoms with Crippen LogP contribution >= 0.6 is 0 Å². The van der Waals surface area contributed by atoms with E-state index in [9.17, 15) is 5.11 Å². The molecule has 14 heavy (non-hydrogen) atoms. The number of furan rings is 1. The van der Waals surface area contributed by atoms with Crippen LogP contribution in [0.2, 0.25) is 0 Å². The summed E-state index contributed by atoms with van der Waals surface area (Å²) in [6.45, 7) is 1.71. The molecule has 0 spiro atoms. The summed E-state index contributed by atoms with van der Waals surface area (Å²) in [6, 6.07) is 5.56. The molecular formula is C11H12O3. The van der Waals surface area contributed by atoms with Gasteiger partial charge in [0.1, 0.15) is 11.3 Å². The van der Waals surface area contributed by atoms with Gasteiger partial charge in [0.15, 0.2) is 0 Å². The SMILES string of the molecule is COc1cccc2occ(C(C)O)c12. The molecule has 0 aliphatic carbocycles. The van der Waals surface area contributed by atoms with E-state index < -0.39 is 6.10 Å². The molecular weight excluding hydrogens is 180 g/mol. The van der Waals surface area contributed by atoms with E-state index in [2.05, 4.69) is 0 Å². The third kappa shape index (κ3) is 1.26.